The Morgan fingerprint density at radius 3 is 1.98 bits per heavy atom. The fourth-order valence-electron chi connectivity index (χ4n) is 7.42. The van der Waals surface area contributed by atoms with E-state index in [-0.39, 0.29) is 42.3 Å². The number of carbonyl (C=O) groups is 4. The molecule has 6 atom stereocenters. The number of nitriles is 1. The third-order valence-electron chi connectivity index (χ3n) is 10.0. The highest BCUT2D eigenvalue weighted by Gasteiger charge is 2.44. The van der Waals surface area contributed by atoms with Gasteiger partial charge in [-0.25, -0.2) is 0 Å². The Hall–Kier alpha value is -4.07. The summed E-state index contributed by atoms with van der Waals surface area (Å²) in [5.74, 6) is -0.998. The maximum atomic E-state index is 14.0. The van der Waals surface area contributed by atoms with Crippen molar-refractivity contribution in [2.24, 2.45) is 41.1 Å². The Bertz CT molecular complexity index is 1410. The first kappa shape index (κ1) is 37.7. The van der Waals surface area contributed by atoms with Crippen LogP contribution in [0.1, 0.15) is 69.9 Å². The average molecular weight is 671 g/mol. The van der Waals surface area contributed by atoms with E-state index in [0.717, 1.165) is 30.4 Å². The minimum atomic E-state index is -0.873. The van der Waals surface area contributed by atoms with Crippen LogP contribution in [0.4, 0.5) is 0 Å². The fraction of sp³-hybridized carbons (Fsp3) is 0.564. The molecular formula is C39H54N6O4. The lowest BCUT2D eigenvalue weighted by molar-refractivity contribution is -0.138. The third kappa shape index (κ3) is 11.2. The van der Waals surface area contributed by atoms with Crippen LogP contribution in [0, 0.1) is 40.9 Å². The van der Waals surface area contributed by atoms with Crippen LogP contribution in [0.2, 0.25) is 0 Å². The summed E-state index contributed by atoms with van der Waals surface area (Å²) in [6, 6.07) is 18.9. The van der Waals surface area contributed by atoms with Crippen molar-refractivity contribution in [3.63, 3.8) is 0 Å². The lowest BCUT2D eigenvalue weighted by Crippen LogP contribution is -2.52. The quantitative estimate of drug-likeness (QED) is 0.176. The molecule has 2 fully saturated rings. The number of likely N-dealkylation sites (tertiary alicyclic amines) is 1. The van der Waals surface area contributed by atoms with Crippen LogP contribution >= 0.6 is 0 Å². The number of amides is 3. The van der Waals surface area contributed by atoms with Crippen molar-refractivity contribution in [3.05, 3.63) is 71.8 Å². The Kier molecular flexibility index (Phi) is 14.3. The molecule has 10 nitrogen and oxygen atoms in total. The van der Waals surface area contributed by atoms with Crippen LogP contribution in [0.25, 0.3) is 0 Å². The number of nitrogens with two attached hydrogens (primary N) is 2. The van der Waals surface area contributed by atoms with Crippen LogP contribution in [0.15, 0.2) is 60.7 Å². The van der Waals surface area contributed by atoms with E-state index < -0.39 is 30.0 Å². The summed E-state index contributed by atoms with van der Waals surface area (Å²) in [5, 5.41) is 15.3. The Morgan fingerprint density at radius 2 is 1.43 bits per heavy atom. The van der Waals surface area contributed by atoms with Crippen molar-refractivity contribution in [1.29, 1.82) is 5.26 Å². The van der Waals surface area contributed by atoms with Crippen LogP contribution in [-0.2, 0) is 32.0 Å². The van der Waals surface area contributed by atoms with Gasteiger partial charge in [0, 0.05) is 31.3 Å². The van der Waals surface area contributed by atoms with E-state index in [1.807, 2.05) is 79.4 Å². The highest BCUT2D eigenvalue weighted by atomic mass is 16.2. The summed E-state index contributed by atoms with van der Waals surface area (Å²) in [6.45, 7) is 5.69. The lowest BCUT2D eigenvalue weighted by atomic mass is 9.88. The lowest BCUT2D eigenvalue weighted by Gasteiger charge is -2.28. The van der Waals surface area contributed by atoms with Crippen molar-refractivity contribution in [3.8, 4) is 6.07 Å². The number of rotatable bonds is 18. The number of hydrogen-bond acceptors (Lipinski definition) is 7. The Labute approximate surface area is 291 Å². The van der Waals surface area contributed by atoms with Gasteiger partial charge < -0.3 is 27.0 Å². The topological polar surface area (TPSA) is 171 Å². The van der Waals surface area contributed by atoms with Crippen LogP contribution in [0.5, 0.6) is 0 Å². The number of unbranched alkanes of at least 4 members (excludes halogenated alkanes) is 1. The third-order valence-corrected chi connectivity index (χ3v) is 10.0. The molecular weight excluding hydrogens is 616 g/mol. The van der Waals surface area contributed by atoms with Crippen LogP contribution in [-0.4, -0.2) is 66.2 Å². The van der Waals surface area contributed by atoms with Gasteiger partial charge in [-0.3, -0.25) is 19.2 Å². The van der Waals surface area contributed by atoms with Crippen molar-refractivity contribution < 1.29 is 19.2 Å². The monoisotopic (exact) mass is 670 g/mol. The molecule has 0 aromatic heterocycles. The van der Waals surface area contributed by atoms with E-state index >= 15 is 0 Å². The molecule has 49 heavy (non-hydrogen) atoms. The normalized spacial score (nSPS) is 20.9. The maximum absolute atomic E-state index is 14.0. The first-order valence-electron chi connectivity index (χ1n) is 17.9. The molecule has 4 rings (SSSR count). The van der Waals surface area contributed by atoms with Gasteiger partial charge in [0.15, 0.2) is 5.78 Å². The minimum Gasteiger partial charge on any atom is -0.345 e. The summed E-state index contributed by atoms with van der Waals surface area (Å²) in [7, 11) is 0. The average Bonchev–Trinajstić information content (AvgIpc) is 3.67. The standard InChI is InChI=1S/C39H54N6O4/c1-26(2)17-30(37(47)43-34(15-9-10-16-40)39(49)45-24-31-18-29(23-41)19-32(31)25-45)22-36(46)35(21-28-13-7-4-8-14-28)44-38(48)33(42)20-27-11-5-3-6-12-27/h3-8,11-14,26,29-35H,9-10,15-22,24-25,40,42H2,1-2H3,(H,43,47)(H,44,48). The van der Waals surface area contributed by atoms with Gasteiger partial charge >= 0.3 is 0 Å². The number of nitrogens with zero attached hydrogens (tertiary/aromatic N) is 2. The van der Waals surface area contributed by atoms with Crippen LogP contribution in [0.3, 0.4) is 0 Å². The SMILES string of the molecule is CC(C)CC(CC(=O)C(Cc1ccccc1)NC(=O)C(N)Cc1ccccc1)C(=O)NC(CCCCN)C(=O)N1CC2CC(C#N)CC2C1. The second-order valence-corrected chi connectivity index (χ2v) is 14.5. The molecule has 0 spiro atoms. The predicted octanol–water partition coefficient (Wildman–Crippen LogP) is 3.53. The van der Waals surface area contributed by atoms with E-state index in [0.29, 0.717) is 57.2 Å². The summed E-state index contributed by atoms with van der Waals surface area (Å²) < 4.78 is 0. The molecule has 6 unspecified atom stereocenters. The summed E-state index contributed by atoms with van der Waals surface area (Å²) in [5.41, 5.74) is 13.8. The molecule has 264 valence electrons. The van der Waals surface area contributed by atoms with E-state index in [1.165, 1.54) is 0 Å². The van der Waals surface area contributed by atoms with Gasteiger partial charge in [-0.15, -0.1) is 0 Å². The number of benzene rings is 2. The molecule has 1 aliphatic carbocycles. The second-order valence-electron chi connectivity index (χ2n) is 14.5. The van der Waals surface area contributed by atoms with E-state index in [9.17, 15) is 24.4 Å². The minimum absolute atomic E-state index is 0.0525. The van der Waals surface area contributed by atoms with Crippen molar-refractivity contribution in [2.45, 2.75) is 89.8 Å². The Balaban J connectivity index is 1.46. The van der Waals surface area contributed by atoms with Crippen molar-refractivity contribution >= 4 is 23.5 Å². The molecule has 1 heterocycles. The van der Waals surface area contributed by atoms with Crippen molar-refractivity contribution in [2.75, 3.05) is 19.6 Å². The van der Waals surface area contributed by atoms with Crippen LogP contribution < -0.4 is 22.1 Å². The van der Waals surface area contributed by atoms with E-state index in [1.54, 1.807) is 0 Å². The second kappa shape index (κ2) is 18.6. The summed E-state index contributed by atoms with van der Waals surface area (Å²) in [4.78, 5) is 57.0. The van der Waals surface area contributed by atoms with Gasteiger partial charge in [0.05, 0.1) is 18.2 Å². The predicted molar refractivity (Wildman–Crippen MR) is 190 cm³/mol. The van der Waals surface area contributed by atoms with Gasteiger partial charge in [-0.05, 0) is 86.8 Å². The van der Waals surface area contributed by atoms with Gasteiger partial charge in [0.2, 0.25) is 17.7 Å². The fourth-order valence-corrected chi connectivity index (χ4v) is 7.42. The summed E-state index contributed by atoms with van der Waals surface area (Å²) in [6.07, 6.45) is 4.47. The highest BCUT2D eigenvalue weighted by molar-refractivity contribution is 5.95. The molecule has 1 saturated heterocycles. The maximum Gasteiger partial charge on any atom is 0.245 e. The van der Waals surface area contributed by atoms with E-state index in [2.05, 4.69) is 16.7 Å². The molecule has 2 aliphatic rings. The zero-order valence-electron chi connectivity index (χ0n) is 29.1. The Morgan fingerprint density at radius 1 is 0.857 bits per heavy atom. The smallest absolute Gasteiger partial charge is 0.245 e. The van der Waals surface area contributed by atoms with Gasteiger partial charge in [-0.1, -0.05) is 74.5 Å². The van der Waals surface area contributed by atoms with Crippen molar-refractivity contribution in [1.82, 2.24) is 15.5 Å². The molecule has 6 N–H and O–H groups in total. The summed E-state index contributed by atoms with van der Waals surface area (Å²) >= 11 is 0. The number of ketones is 1. The number of hydrogen-bond donors (Lipinski definition) is 4. The molecule has 1 aliphatic heterocycles. The first-order valence-corrected chi connectivity index (χ1v) is 17.9. The number of fused-ring (bicyclic) bond motifs is 1. The molecule has 3 amide bonds. The number of carbonyl (C=O) groups excluding carboxylic acids is 4. The zero-order chi connectivity index (χ0) is 35.3. The number of nitrogens with one attached hydrogen (secondary N) is 2. The first-order chi connectivity index (χ1) is 23.6. The number of Topliss-reactive ketones (excluding diaryl/α,β-unsaturated/α-hetero) is 1. The van der Waals surface area contributed by atoms with Gasteiger partial charge in [0.1, 0.15) is 6.04 Å². The molecule has 10 heteroatoms. The molecule has 0 bridgehead atoms. The molecule has 2 aromatic rings. The zero-order valence-corrected chi connectivity index (χ0v) is 29.1. The molecule has 0 radical (unpaired) electrons. The highest BCUT2D eigenvalue weighted by Crippen LogP contribution is 2.41. The van der Waals surface area contributed by atoms with Gasteiger partial charge in [-0.2, -0.15) is 5.26 Å². The van der Waals surface area contributed by atoms with E-state index in [4.69, 9.17) is 11.5 Å². The largest absolute Gasteiger partial charge is 0.345 e. The molecule has 2 aromatic carbocycles. The van der Waals surface area contributed by atoms with Gasteiger partial charge in [0.25, 0.3) is 0 Å². The molecule has 1 saturated carbocycles.